The molecule has 0 heterocycles. The molecule has 0 spiro atoms. The lowest BCUT2D eigenvalue weighted by Gasteiger charge is -2.16. The number of carbonyl (C=O) groups is 3. The van der Waals surface area contributed by atoms with Gasteiger partial charge in [-0.3, -0.25) is 14.4 Å². The van der Waals surface area contributed by atoms with Gasteiger partial charge in [-0.15, -0.1) is 0 Å². The zero-order valence-electron chi connectivity index (χ0n) is 7.64. The van der Waals surface area contributed by atoms with Crippen LogP contribution >= 0.6 is 0 Å². The molecule has 0 rings (SSSR count). The molecule has 0 saturated heterocycles. The van der Waals surface area contributed by atoms with Crippen molar-refractivity contribution in [3.8, 4) is 0 Å². The van der Waals surface area contributed by atoms with E-state index in [0.29, 0.717) is 0 Å². The van der Waals surface area contributed by atoms with E-state index >= 15 is 0 Å². The molecule has 0 amide bonds. The molecule has 0 saturated carbocycles. The van der Waals surface area contributed by atoms with Crippen LogP contribution in [0.5, 0.6) is 0 Å². The largest absolute Gasteiger partial charge is 0.481 e. The van der Waals surface area contributed by atoms with E-state index in [4.69, 9.17) is 15.3 Å². The summed E-state index contributed by atoms with van der Waals surface area (Å²) in [5.74, 6) is -6.49. The summed E-state index contributed by atoms with van der Waals surface area (Å²) in [5, 5.41) is 25.7. The maximum atomic E-state index is 10.6. The summed E-state index contributed by atoms with van der Waals surface area (Å²) in [6.45, 7) is 1.51. The quantitative estimate of drug-likeness (QED) is 0.572. The van der Waals surface area contributed by atoms with Crippen LogP contribution in [0.3, 0.4) is 0 Å². The molecule has 14 heavy (non-hydrogen) atoms. The van der Waals surface area contributed by atoms with Gasteiger partial charge in [-0.2, -0.15) is 0 Å². The van der Waals surface area contributed by atoms with Crippen LogP contribution in [0.15, 0.2) is 0 Å². The highest BCUT2D eigenvalue weighted by Crippen LogP contribution is 2.20. The molecule has 3 N–H and O–H groups in total. The normalized spacial score (nSPS) is 14.4. The van der Waals surface area contributed by atoms with E-state index < -0.39 is 36.2 Å². The van der Waals surface area contributed by atoms with Gasteiger partial charge >= 0.3 is 17.9 Å². The standard InChI is InChI=1S/C8H12O6/c1-2-4(7(11)12)5(8(13)14)3-6(9)10/h4-5H,2-3H2,1H3,(H,9,10)(H,11,12)(H,13,14). The Morgan fingerprint density at radius 1 is 1.00 bits per heavy atom. The molecular weight excluding hydrogens is 192 g/mol. The minimum Gasteiger partial charge on any atom is -0.481 e. The summed E-state index contributed by atoms with van der Waals surface area (Å²) < 4.78 is 0. The fraction of sp³-hybridized carbons (Fsp3) is 0.625. The topological polar surface area (TPSA) is 112 Å². The Morgan fingerprint density at radius 3 is 1.64 bits per heavy atom. The minimum atomic E-state index is -1.39. The van der Waals surface area contributed by atoms with E-state index in [1.54, 1.807) is 0 Å². The number of carboxylic acids is 3. The van der Waals surface area contributed by atoms with Gasteiger partial charge in [0.05, 0.1) is 18.3 Å². The first kappa shape index (κ1) is 12.4. The number of rotatable bonds is 6. The van der Waals surface area contributed by atoms with E-state index in [-0.39, 0.29) is 6.42 Å². The Labute approximate surface area is 80.2 Å². The van der Waals surface area contributed by atoms with Crippen molar-refractivity contribution in [1.82, 2.24) is 0 Å². The van der Waals surface area contributed by atoms with Crippen LogP contribution < -0.4 is 0 Å². The van der Waals surface area contributed by atoms with E-state index in [0.717, 1.165) is 0 Å². The van der Waals surface area contributed by atoms with Gasteiger partial charge < -0.3 is 15.3 Å². The van der Waals surface area contributed by atoms with E-state index in [1.165, 1.54) is 6.92 Å². The summed E-state index contributed by atoms with van der Waals surface area (Å²) in [7, 11) is 0. The van der Waals surface area contributed by atoms with Crippen LogP contribution in [0.4, 0.5) is 0 Å². The highest BCUT2D eigenvalue weighted by molar-refractivity contribution is 5.83. The highest BCUT2D eigenvalue weighted by Gasteiger charge is 2.33. The van der Waals surface area contributed by atoms with Gasteiger partial charge in [0, 0.05) is 0 Å². The molecule has 0 aliphatic heterocycles. The fourth-order valence-corrected chi connectivity index (χ4v) is 1.22. The lowest BCUT2D eigenvalue weighted by Crippen LogP contribution is -2.31. The predicted octanol–water partition coefficient (Wildman–Crippen LogP) is 0.273. The second-order valence-electron chi connectivity index (χ2n) is 2.90. The average molecular weight is 204 g/mol. The monoisotopic (exact) mass is 204 g/mol. The van der Waals surface area contributed by atoms with Gasteiger partial charge in [0.2, 0.25) is 0 Å². The van der Waals surface area contributed by atoms with Gasteiger partial charge in [-0.05, 0) is 6.42 Å². The maximum Gasteiger partial charge on any atom is 0.307 e. The summed E-state index contributed by atoms with van der Waals surface area (Å²) in [4.78, 5) is 31.5. The van der Waals surface area contributed by atoms with Crippen LogP contribution in [0.1, 0.15) is 19.8 Å². The number of carboxylic acid groups (broad SMARTS) is 3. The van der Waals surface area contributed by atoms with Gasteiger partial charge in [-0.25, -0.2) is 0 Å². The summed E-state index contributed by atoms with van der Waals surface area (Å²) in [6.07, 6.45) is -0.570. The number of hydrogen-bond acceptors (Lipinski definition) is 3. The molecule has 0 fully saturated rings. The fourth-order valence-electron chi connectivity index (χ4n) is 1.22. The molecule has 0 radical (unpaired) electrons. The van der Waals surface area contributed by atoms with Crippen LogP contribution in [-0.4, -0.2) is 33.2 Å². The number of aliphatic carboxylic acids is 3. The third-order valence-electron chi connectivity index (χ3n) is 1.95. The Morgan fingerprint density at radius 2 is 1.43 bits per heavy atom. The van der Waals surface area contributed by atoms with Crippen molar-refractivity contribution >= 4 is 17.9 Å². The van der Waals surface area contributed by atoms with Crippen molar-refractivity contribution in [1.29, 1.82) is 0 Å². The molecule has 0 aromatic heterocycles. The Bertz CT molecular complexity index is 246. The maximum absolute atomic E-state index is 10.6. The zero-order valence-corrected chi connectivity index (χ0v) is 7.64. The first-order chi connectivity index (χ1) is 6.40. The third kappa shape index (κ3) is 3.42. The molecule has 6 nitrogen and oxygen atoms in total. The van der Waals surface area contributed by atoms with E-state index in [2.05, 4.69) is 0 Å². The van der Waals surface area contributed by atoms with Gasteiger partial charge in [0.15, 0.2) is 0 Å². The van der Waals surface area contributed by atoms with Gasteiger partial charge in [-0.1, -0.05) is 6.92 Å². The van der Waals surface area contributed by atoms with Crippen molar-refractivity contribution in [2.75, 3.05) is 0 Å². The smallest absolute Gasteiger partial charge is 0.307 e. The highest BCUT2D eigenvalue weighted by atomic mass is 16.4. The molecule has 0 aliphatic carbocycles. The number of hydrogen-bond donors (Lipinski definition) is 3. The molecular formula is C8H12O6. The summed E-state index contributed by atoms with van der Waals surface area (Å²) in [6, 6.07) is 0. The molecule has 0 aromatic carbocycles. The van der Waals surface area contributed by atoms with Crippen LogP contribution in [0.2, 0.25) is 0 Å². The van der Waals surface area contributed by atoms with E-state index in [1.807, 2.05) is 0 Å². The second kappa shape index (κ2) is 5.21. The lowest BCUT2D eigenvalue weighted by atomic mass is 9.87. The minimum absolute atomic E-state index is 0.0968. The molecule has 2 atom stereocenters. The Kier molecular flexibility index (Phi) is 4.62. The second-order valence-corrected chi connectivity index (χ2v) is 2.90. The Hall–Kier alpha value is -1.59. The first-order valence-electron chi connectivity index (χ1n) is 4.07. The van der Waals surface area contributed by atoms with Gasteiger partial charge in [0.1, 0.15) is 0 Å². The molecule has 0 aromatic rings. The molecule has 80 valence electrons. The van der Waals surface area contributed by atoms with Crippen molar-refractivity contribution in [2.45, 2.75) is 19.8 Å². The van der Waals surface area contributed by atoms with Crippen molar-refractivity contribution < 1.29 is 29.7 Å². The van der Waals surface area contributed by atoms with Crippen molar-refractivity contribution in [2.24, 2.45) is 11.8 Å². The molecule has 0 bridgehead atoms. The summed E-state index contributed by atoms with van der Waals surface area (Å²) >= 11 is 0. The van der Waals surface area contributed by atoms with Crippen molar-refractivity contribution in [3.05, 3.63) is 0 Å². The zero-order chi connectivity index (χ0) is 11.3. The van der Waals surface area contributed by atoms with E-state index in [9.17, 15) is 14.4 Å². The van der Waals surface area contributed by atoms with Gasteiger partial charge in [0.25, 0.3) is 0 Å². The first-order valence-corrected chi connectivity index (χ1v) is 4.07. The Balaban J connectivity index is 4.69. The van der Waals surface area contributed by atoms with Crippen LogP contribution in [0.25, 0.3) is 0 Å². The average Bonchev–Trinajstić information content (AvgIpc) is 2.02. The molecule has 6 heteroatoms. The third-order valence-corrected chi connectivity index (χ3v) is 1.95. The van der Waals surface area contributed by atoms with Crippen LogP contribution in [-0.2, 0) is 14.4 Å². The lowest BCUT2D eigenvalue weighted by molar-refractivity contribution is -0.157. The van der Waals surface area contributed by atoms with Crippen LogP contribution in [0, 0.1) is 11.8 Å². The molecule has 2 unspecified atom stereocenters. The predicted molar refractivity (Wildman–Crippen MR) is 44.8 cm³/mol. The summed E-state index contributed by atoms with van der Waals surface area (Å²) in [5.41, 5.74) is 0. The molecule has 0 aliphatic rings. The van der Waals surface area contributed by atoms with Crippen molar-refractivity contribution in [3.63, 3.8) is 0 Å². The SMILES string of the molecule is CCC(C(=O)O)C(CC(=O)O)C(=O)O.